The zero-order valence-electron chi connectivity index (χ0n) is 14.7. The van der Waals surface area contributed by atoms with Crippen molar-refractivity contribution >= 4 is 5.91 Å². The van der Waals surface area contributed by atoms with Crippen molar-refractivity contribution in [3.05, 3.63) is 59.4 Å². The number of nitrogens with zero attached hydrogens (tertiary/aromatic N) is 3. The fourth-order valence-electron chi connectivity index (χ4n) is 2.46. The molecule has 0 aliphatic heterocycles. The smallest absolute Gasteiger partial charge is 0.226 e. The van der Waals surface area contributed by atoms with E-state index in [-0.39, 0.29) is 12.3 Å². The second-order valence-corrected chi connectivity index (χ2v) is 5.95. The van der Waals surface area contributed by atoms with Crippen LogP contribution in [0.2, 0.25) is 0 Å². The van der Waals surface area contributed by atoms with Crippen LogP contribution in [0.4, 0.5) is 0 Å². The Morgan fingerprint density at radius 3 is 2.88 bits per heavy atom. The molecule has 0 radical (unpaired) electrons. The standard InChI is InChI=1S/C20H23N3O2/c1-16-6-7-17(2)19(13-16)25-12-8-20(24)23(11-4-9-21)15-18-5-3-10-22-14-18/h3,5-7,10,13-14H,4,8,11-12,15H2,1-2H3. The zero-order chi connectivity index (χ0) is 18.1. The quantitative estimate of drug-likeness (QED) is 0.740. The van der Waals surface area contributed by atoms with Gasteiger partial charge in [-0.15, -0.1) is 0 Å². The molecular formula is C20H23N3O2. The van der Waals surface area contributed by atoms with Gasteiger partial charge in [-0.05, 0) is 42.7 Å². The zero-order valence-corrected chi connectivity index (χ0v) is 14.7. The Hall–Kier alpha value is -2.87. The SMILES string of the molecule is Cc1ccc(C)c(OCCC(=O)N(CCC#N)Cc2cccnc2)c1. The van der Waals surface area contributed by atoms with Crippen LogP contribution < -0.4 is 4.74 Å². The molecule has 2 aromatic rings. The average molecular weight is 337 g/mol. The summed E-state index contributed by atoms with van der Waals surface area (Å²) in [4.78, 5) is 18.3. The van der Waals surface area contributed by atoms with Gasteiger partial charge in [-0.2, -0.15) is 5.26 Å². The van der Waals surface area contributed by atoms with Crippen molar-refractivity contribution in [3.63, 3.8) is 0 Å². The lowest BCUT2D eigenvalue weighted by Crippen LogP contribution is -2.32. The van der Waals surface area contributed by atoms with Gasteiger partial charge in [0.2, 0.25) is 5.91 Å². The highest BCUT2D eigenvalue weighted by atomic mass is 16.5. The topological polar surface area (TPSA) is 66.2 Å². The van der Waals surface area contributed by atoms with Gasteiger partial charge in [0.1, 0.15) is 5.75 Å². The van der Waals surface area contributed by atoms with Gasteiger partial charge in [0, 0.05) is 25.5 Å². The van der Waals surface area contributed by atoms with Gasteiger partial charge in [-0.1, -0.05) is 18.2 Å². The van der Waals surface area contributed by atoms with Crippen LogP contribution in [0.25, 0.3) is 0 Å². The molecule has 0 spiro atoms. The highest BCUT2D eigenvalue weighted by molar-refractivity contribution is 5.76. The summed E-state index contributed by atoms with van der Waals surface area (Å²) in [5.41, 5.74) is 3.12. The van der Waals surface area contributed by atoms with Gasteiger partial charge in [0.25, 0.3) is 0 Å². The van der Waals surface area contributed by atoms with E-state index in [1.807, 2.05) is 44.2 Å². The third-order valence-corrected chi connectivity index (χ3v) is 3.86. The summed E-state index contributed by atoms with van der Waals surface area (Å²) in [6.07, 6.45) is 4.02. The number of nitriles is 1. The second-order valence-electron chi connectivity index (χ2n) is 5.95. The summed E-state index contributed by atoms with van der Waals surface area (Å²) in [6.45, 7) is 5.18. The lowest BCUT2D eigenvalue weighted by atomic mass is 10.1. The van der Waals surface area contributed by atoms with E-state index < -0.39 is 0 Å². The molecule has 0 aliphatic carbocycles. The first-order valence-corrected chi connectivity index (χ1v) is 8.34. The van der Waals surface area contributed by atoms with Crippen LogP contribution in [-0.2, 0) is 11.3 Å². The number of rotatable bonds is 8. The Bertz CT molecular complexity index is 738. The molecule has 5 heteroatoms. The lowest BCUT2D eigenvalue weighted by Gasteiger charge is -2.22. The molecule has 0 atom stereocenters. The van der Waals surface area contributed by atoms with Crippen LogP contribution in [0.1, 0.15) is 29.5 Å². The van der Waals surface area contributed by atoms with Gasteiger partial charge in [-0.3, -0.25) is 9.78 Å². The molecule has 0 unspecified atom stereocenters. The van der Waals surface area contributed by atoms with Crippen molar-refractivity contribution in [2.24, 2.45) is 0 Å². The highest BCUT2D eigenvalue weighted by Crippen LogP contribution is 2.19. The summed E-state index contributed by atoms with van der Waals surface area (Å²) in [6, 6.07) is 11.9. The number of carbonyl (C=O) groups is 1. The van der Waals surface area contributed by atoms with Crippen molar-refractivity contribution in [1.82, 2.24) is 9.88 Å². The predicted molar refractivity (Wildman–Crippen MR) is 95.9 cm³/mol. The Balaban J connectivity index is 1.92. The molecule has 0 saturated heterocycles. The van der Waals surface area contributed by atoms with E-state index in [4.69, 9.17) is 10.00 Å². The normalized spacial score (nSPS) is 10.1. The molecule has 0 fully saturated rings. The Kier molecular flexibility index (Phi) is 6.97. The molecule has 1 aromatic carbocycles. The van der Waals surface area contributed by atoms with Crippen LogP contribution in [-0.4, -0.2) is 28.9 Å². The minimum atomic E-state index is -0.0237. The minimum absolute atomic E-state index is 0.0237. The number of carbonyl (C=O) groups excluding carboxylic acids is 1. The van der Waals surface area contributed by atoms with Gasteiger partial charge < -0.3 is 9.64 Å². The number of aromatic nitrogens is 1. The molecule has 1 heterocycles. The summed E-state index contributed by atoms with van der Waals surface area (Å²) in [7, 11) is 0. The highest BCUT2D eigenvalue weighted by Gasteiger charge is 2.14. The van der Waals surface area contributed by atoms with E-state index in [1.54, 1.807) is 17.3 Å². The lowest BCUT2D eigenvalue weighted by molar-refractivity contribution is -0.132. The van der Waals surface area contributed by atoms with Crippen LogP contribution in [0.5, 0.6) is 5.75 Å². The van der Waals surface area contributed by atoms with E-state index in [0.29, 0.717) is 26.1 Å². The maximum atomic E-state index is 12.5. The molecule has 130 valence electrons. The summed E-state index contributed by atoms with van der Waals surface area (Å²) in [5.74, 6) is 0.785. The first kappa shape index (κ1) is 18.5. The third kappa shape index (κ3) is 5.92. The van der Waals surface area contributed by atoms with Crippen molar-refractivity contribution in [3.8, 4) is 11.8 Å². The number of ether oxygens (including phenoxy) is 1. The molecule has 25 heavy (non-hydrogen) atoms. The van der Waals surface area contributed by atoms with Crippen LogP contribution in [0.15, 0.2) is 42.7 Å². The van der Waals surface area contributed by atoms with Crippen molar-refractivity contribution in [1.29, 1.82) is 5.26 Å². The number of pyridine rings is 1. The predicted octanol–water partition coefficient (Wildman–Crippen LogP) is 3.41. The molecule has 2 rings (SSSR count). The van der Waals surface area contributed by atoms with E-state index in [9.17, 15) is 4.79 Å². The average Bonchev–Trinajstić information content (AvgIpc) is 2.62. The molecule has 5 nitrogen and oxygen atoms in total. The number of hydrogen-bond acceptors (Lipinski definition) is 4. The van der Waals surface area contributed by atoms with Gasteiger partial charge >= 0.3 is 0 Å². The number of amides is 1. The maximum Gasteiger partial charge on any atom is 0.226 e. The summed E-state index contributed by atoms with van der Waals surface area (Å²) < 4.78 is 5.77. The Morgan fingerprint density at radius 2 is 2.16 bits per heavy atom. The van der Waals surface area contributed by atoms with Crippen LogP contribution in [0.3, 0.4) is 0 Å². The first-order chi connectivity index (χ1) is 12.1. The number of benzene rings is 1. The second kappa shape index (κ2) is 9.43. The number of aryl methyl sites for hydroxylation is 2. The molecule has 0 saturated carbocycles. The third-order valence-electron chi connectivity index (χ3n) is 3.86. The Labute approximate surface area is 148 Å². The van der Waals surface area contributed by atoms with Crippen molar-refractivity contribution in [2.45, 2.75) is 33.2 Å². The van der Waals surface area contributed by atoms with E-state index >= 15 is 0 Å². The fraction of sp³-hybridized carbons (Fsp3) is 0.350. The van der Waals surface area contributed by atoms with E-state index in [2.05, 4.69) is 11.1 Å². The van der Waals surface area contributed by atoms with E-state index in [1.165, 1.54) is 0 Å². The monoisotopic (exact) mass is 337 g/mol. The van der Waals surface area contributed by atoms with Crippen LogP contribution in [0, 0.1) is 25.2 Å². The van der Waals surface area contributed by atoms with E-state index in [0.717, 1.165) is 22.4 Å². The molecular weight excluding hydrogens is 314 g/mol. The molecule has 1 amide bonds. The molecule has 0 bridgehead atoms. The van der Waals surface area contributed by atoms with Crippen LogP contribution >= 0.6 is 0 Å². The molecule has 0 N–H and O–H groups in total. The fourth-order valence-corrected chi connectivity index (χ4v) is 2.46. The van der Waals surface area contributed by atoms with Gasteiger partial charge in [0.05, 0.1) is 25.5 Å². The summed E-state index contributed by atoms with van der Waals surface area (Å²) >= 11 is 0. The maximum absolute atomic E-state index is 12.5. The van der Waals surface area contributed by atoms with Gasteiger partial charge in [0.15, 0.2) is 0 Å². The summed E-state index contributed by atoms with van der Waals surface area (Å²) in [5, 5.41) is 8.82. The minimum Gasteiger partial charge on any atom is -0.493 e. The molecule has 1 aromatic heterocycles. The largest absolute Gasteiger partial charge is 0.493 e. The molecule has 0 aliphatic rings. The van der Waals surface area contributed by atoms with Gasteiger partial charge in [-0.25, -0.2) is 0 Å². The Morgan fingerprint density at radius 1 is 1.32 bits per heavy atom. The number of hydrogen-bond donors (Lipinski definition) is 0. The first-order valence-electron chi connectivity index (χ1n) is 8.34. The van der Waals surface area contributed by atoms with Crippen molar-refractivity contribution < 1.29 is 9.53 Å². The van der Waals surface area contributed by atoms with Crippen molar-refractivity contribution in [2.75, 3.05) is 13.2 Å².